The minimum Gasteiger partial charge on any atom is -0.350 e. The largest absolute Gasteiger partial charge is 0.350 e. The van der Waals surface area contributed by atoms with E-state index in [0.717, 1.165) is 0 Å². The van der Waals surface area contributed by atoms with Crippen LogP contribution in [0.2, 0.25) is 5.02 Å². The van der Waals surface area contributed by atoms with Crippen molar-refractivity contribution in [3.05, 3.63) is 71.0 Å². The summed E-state index contributed by atoms with van der Waals surface area (Å²) in [6.07, 6.45) is 5.66. The summed E-state index contributed by atoms with van der Waals surface area (Å²) < 4.78 is 15.9. The molecule has 3 heterocycles. The molecule has 0 saturated carbocycles. The molecular weight excluding hydrogens is 445 g/mol. The average Bonchev–Trinajstić information content (AvgIpc) is 3.26. The molecule has 1 aliphatic rings. The van der Waals surface area contributed by atoms with Crippen LogP contribution in [-0.2, 0) is 4.79 Å². The van der Waals surface area contributed by atoms with Gasteiger partial charge < -0.3 is 20.4 Å². The van der Waals surface area contributed by atoms with E-state index in [4.69, 9.17) is 17.3 Å². The molecule has 9 heteroatoms. The van der Waals surface area contributed by atoms with Crippen molar-refractivity contribution in [2.75, 3.05) is 13.1 Å². The number of rotatable bonds is 5. The van der Waals surface area contributed by atoms with Crippen molar-refractivity contribution >= 4 is 28.9 Å². The van der Waals surface area contributed by atoms with Gasteiger partial charge in [-0.25, -0.2) is 9.37 Å². The summed E-state index contributed by atoms with van der Waals surface area (Å²) in [5.41, 5.74) is 8.00. The molecule has 1 fully saturated rings. The summed E-state index contributed by atoms with van der Waals surface area (Å²) in [7, 11) is 0. The predicted octanol–water partition coefficient (Wildman–Crippen LogP) is 3.22. The van der Waals surface area contributed by atoms with E-state index in [1.807, 2.05) is 20.0 Å². The number of pyridine rings is 1. The molecule has 0 radical (unpaired) electrons. The van der Waals surface area contributed by atoms with Crippen molar-refractivity contribution in [1.29, 1.82) is 0 Å². The highest BCUT2D eigenvalue weighted by Gasteiger charge is 2.35. The van der Waals surface area contributed by atoms with E-state index in [1.165, 1.54) is 12.1 Å². The minimum atomic E-state index is -0.687. The van der Waals surface area contributed by atoms with E-state index >= 15 is 0 Å². The molecule has 1 saturated heterocycles. The van der Waals surface area contributed by atoms with Gasteiger partial charge in [0.25, 0.3) is 5.91 Å². The number of aromatic nitrogens is 2. The second-order valence-electron chi connectivity index (χ2n) is 8.84. The highest BCUT2D eigenvalue weighted by molar-refractivity contribution is 6.30. The molecule has 2 aromatic heterocycles. The molecule has 174 valence electrons. The van der Waals surface area contributed by atoms with Crippen LogP contribution in [0.1, 0.15) is 42.1 Å². The van der Waals surface area contributed by atoms with Crippen LogP contribution in [0.15, 0.2) is 49.1 Å². The van der Waals surface area contributed by atoms with Gasteiger partial charge in [-0.1, -0.05) is 25.4 Å². The maximum absolute atomic E-state index is 14.1. The van der Waals surface area contributed by atoms with Gasteiger partial charge in [-0.3, -0.25) is 9.59 Å². The maximum atomic E-state index is 14.1. The number of imidazole rings is 1. The fourth-order valence-corrected chi connectivity index (χ4v) is 4.58. The molecule has 1 aromatic carbocycles. The zero-order valence-corrected chi connectivity index (χ0v) is 19.3. The van der Waals surface area contributed by atoms with E-state index in [-0.39, 0.29) is 30.2 Å². The quantitative estimate of drug-likeness (QED) is 0.597. The number of hydrogen-bond donors (Lipinski definition) is 2. The van der Waals surface area contributed by atoms with Gasteiger partial charge in [0.1, 0.15) is 5.82 Å². The molecule has 0 spiro atoms. The first kappa shape index (κ1) is 23.2. The Hall–Kier alpha value is -2.97. The Labute approximate surface area is 196 Å². The highest BCUT2D eigenvalue weighted by Crippen LogP contribution is 2.32. The topological polar surface area (TPSA) is 92.7 Å². The van der Waals surface area contributed by atoms with Crippen LogP contribution in [0.25, 0.3) is 5.52 Å². The lowest BCUT2D eigenvalue weighted by atomic mass is 9.84. The summed E-state index contributed by atoms with van der Waals surface area (Å²) in [4.78, 5) is 32.0. The SMILES string of the molecule is CC(C)[C@@H](N)C(=O)N[C@@H]1CN(C(=O)c2cccn3cncc23)CC[C@H]1c1cc(F)cc(Cl)c1. The third-order valence-corrected chi connectivity index (χ3v) is 6.46. The first-order chi connectivity index (χ1) is 15.7. The number of fused-ring (bicyclic) bond motifs is 1. The average molecular weight is 472 g/mol. The zero-order chi connectivity index (χ0) is 23.7. The maximum Gasteiger partial charge on any atom is 0.256 e. The second kappa shape index (κ2) is 9.49. The Balaban J connectivity index is 1.62. The number of benzene rings is 1. The first-order valence-corrected chi connectivity index (χ1v) is 11.3. The van der Waals surface area contributed by atoms with Crippen LogP contribution in [0.5, 0.6) is 0 Å². The van der Waals surface area contributed by atoms with Gasteiger partial charge in [-0.15, -0.1) is 0 Å². The highest BCUT2D eigenvalue weighted by atomic mass is 35.5. The summed E-state index contributed by atoms with van der Waals surface area (Å²) >= 11 is 6.10. The van der Waals surface area contributed by atoms with Crippen LogP contribution in [0.4, 0.5) is 4.39 Å². The van der Waals surface area contributed by atoms with Gasteiger partial charge in [0, 0.05) is 30.2 Å². The van der Waals surface area contributed by atoms with Crippen molar-refractivity contribution < 1.29 is 14.0 Å². The van der Waals surface area contributed by atoms with Gasteiger partial charge in [0.2, 0.25) is 5.91 Å². The van der Waals surface area contributed by atoms with Crippen molar-refractivity contribution in [2.45, 2.75) is 38.3 Å². The molecule has 3 N–H and O–H groups in total. The lowest BCUT2D eigenvalue weighted by Crippen LogP contribution is -2.56. The molecule has 7 nitrogen and oxygen atoms in total. The van der Waals surface area contributed by atoms with Crippen molar-refractivity contribution in [1.82, 2.24) is 19.6 Å². The molecule has 0 bridgehead atoms. The van der Waals surface area contributed by atoms with Crippen LogP contribution in [-0.4, -0.2) is 51.3 Å². The molecule has 4 rings (SSSR count). The van der Waals surface area contributed by atoms with E-state index in [2.05, 4.69) is 10.3 Å². The number of nitrogens with zero attached hydrogens (tertiary/aromatic N) is 3. The Morgan fingerprint density at radius 2 is 2.09 bits per heavy atom. The summed E-state index contributed by atoms with van der Waals surface area (Å²) in [6.45, 7) is 4.47. The van der Waals surface area contributed by atoms with E-state index < -0.39 is 17.9 Å². The number of piperidine rings is 1. The number of halogens is 2. The third kappa shape index (κ3) is 4.86. The second-order valence-corrected chi connectivity index (χ2v) is 9.28. The predicted molar refractivity (Wildman–Crippen MR) is 125 cm³/mol. The molecule has 1 aliphatic heterocycles. The number of nitrogens with two attached hydrogens (primary N) is 1. The van der Waals surface area contributed by atoms with Crippen LogP contribution >= 0.6 is 11.6 Å². The van der Waals surface area contributed by atoms with Gasteiger partial charge in [-0.05, 0) is 48.2 Å². The van der Waals surface area contributed by atoms with Crippen molar-refractivity contribution in [3.8, 4) is 0 Å². The normalized spacial score (nSPS) is 19.6. The zero-order valence-electron chi connectivity index (χ0n) is 18.5. The molecular formula is C24H27ClFN5O2. The number of nitrogens with one attached hydrogen (secondary N) is 1. The van der Waals surface area contributed by atoms with Crippen molar-refractivity contribution in [2.24, 2.45) is 11.7 Å². The summed E-state index contributed by atoms with van der Waals surface area (Å²) in [5, 5.41) is 3.31. The molecule has 3 aromatic rings. The Bertz CT molecular complexity index is 1160. The van der Waals surface area contributed by atoms with Crippen LogP contribution in [0, 0.1) is 11.7 Å². The van der Waals surface area contributed by atoms with E-state index in [9.17, 15) is 14.0 Å². The third-order valence-electron chi connectivity index (χ3n) is 6.24. The Kier molecular flexibility index (Phi) is 6.67. The molecule has 33 heavy (non-hydrogen) atoms. The fraction of sp³-hybridized carbons (Fsp3) is 0.375. The number of carbonyl (C=O) groups is 2. The number of amides is 2. The van der Waals surface area contributed by atoms with Gasteiger partial charge in [0.15, 0.2) is 0 Å². The Morgan fingerprint density at radius 1 is 1.30 bits per heavy atom. The number of carbonyl (C=O) groups excluding carboxylic acids is 2. The van der Waals surface area contributed by atoms with E-state index in [0.29, 0.717) is 34.6 Å². The van der Waals surface area contributed by atoms with Gasteiger partial charge >= 0.3 is 0 Å². The van der Waals surface area contributed by atoms with Crippen molar-refractivity contribution in [3.63, 3.8) is 0 Å². The molecule has 3 atom stereocenters. The van der Waals surface area contributed by atoms with Gasteiger partial charge in [0.05, 0.1) is 35.7 Å². The molecule has 2 amide bonds. The molecule has 0 unspecified atom stereocenters. The summed E-state index contributed by atoms with van der Waals surface area (Å²) in [6, 6.07) is 6.82. The van der Waals surface area contributed by atoms with Crippen LogP contribution in [0.3, 0.4) is 0 Å². The molecule has 0 aliphatic carbocycles. The summed E-state index contributed by atoms with van der Waals surface area (Å²) in [5.74, 6) is -1.14. The van der Waals surface area contributed by atoms with Crippen LogP contribution < -0.4 is 11.1 Å². The lowest BCUT2D eigenvalue weighted by molar-refractivity contribution is -0.124. The number of likely N-dealkylation sites (tertiary alicyclic amines) is 1. The standard InChI is InChI=1S/C24H27ClFN5O2/c1-14(2)22(27)23(32)29-20-12-30(7-5-18(20)15-8-16(25)10-17(26)9-15)24(33)19-4-3-6-31-13-28-11-21(19)31/h3-4,6,8-11,13-14,18,20,22H,5,7,12,27H2,1-2H3,(H,29,32)/t18-,20+,22+/m0/s1. The first-order valence-electron chi connectivity index (χ1n) is 11.0. The monoisotopic (exact) mass is 471 g/mol. The smallest absolute Gasteiger partial charge is 0.256 e. The van der Waals surface area contributed by atoms with Gasteiger partial charge in [-0.2, -0.15) is 0 Å². The Morgan fingerprint density at radius 3 is 2.82 bits per heavy atom. The van der Waals surface area contributed by atoms with E-state index in [1.54, 1.807) is 40.0 Å². The number of hydrogen-bond acceptors (Lipinski definition) is 4. The lowest BCUT2D eigenvalue weighted by Gasteiger charge is -2.40. The fourth-order valence-electron chi connectivity index (χ4n) is 4.35. The minimum absolute atomic E-state index is 0.0483.